The van der Waals surface area contributed by atoms with Gasteiger partial charge in [-0.2, -0.15) is 0 Å². The SMILES string of the molecule is O=[N+]([O-])c1ccc(SN(C=Nc2ccc(Br)cc2)c2ccc(Br)cc2)c([N+](=O)[O-])c1. The zero-order valence-corrected chi connectivity index (χ0v) is 19.0. The number of benzene rings is 3. The smallest absolute Gasteiger partial charge is 0.270 e. The Balaban J connectivity index is 1.98. The van der Waals surface area contributed by atoms with E-state index < -0.39 is 9.85 Å². The lowest BCUT2D eigenvalue weighted by Crippen LogP contribution is -2.12. The molecular weight excluding hydrogens is 540 g/mol. The molecular formula is C19H12Br2N4O4S. The number of anilines is 1. The summed E-state index contributed by atoms with van der Waals surface area (Å²) in [6.07, 6.45) is 1.54. The summed E-state index contributed by atoms with van der Waals surface area (Å²) >= 11 is 7.79. The molecule has 0 aliphatic heterocycles. The van der Waals surface area contributed by atoms with Gasteiger partial charge < -0.3 is 0 Å². The van der Waals surface area contributed by atoms with Crippen LogP contribution in [0.25, 0.3) is 0 Å². The summed E-state index contributed by atoms with van der Waals surface area (Å²) in [5.41, 5.74) is 0.717. The standard InChI is InChI=1S/C19H12Br2N4O4S/c20-13-1-5-15(6-2-13)22-12-23(16-7-3-14(21)4-8-16)30-19-10-9-17(24(26)27)11-18(19)25(28)29/h1-12H. The quantitative estimate of drug-likeness (QED) is 0.104. The number of non-ortho nitro benzene ring substituents is 1. The maximum atomic E-state index is 11.5. The van der Waals surface area contributed by atoms with Gasteiger partial charge in [0.1, 0.15) is 11.2 Å². The zero-order chi connectivity index (χ0) is 21.7. The molecule has 0 aromatic heterocycles. The third kappa shape index (κ3) is 5.65. The Bertz CT molecular complexity index is 1110. The number of nitro groups is 2. The summed E-state index contributed by atoms with van der Waals surface area (Å²) < 4.78 is 3.45. The van der Waals surface area contributed by atoms with Gasteiger partial charge in [-0.3, -0.25) is 24.5 Å². The largest absolute Gasteiger partial charge is 0.291 e. The molecule has 30 heavy (non-hydrogen) atoms. The van der Waals surface area contributed by atoms with Crippen molar-refractivity contribution in [1.82, 2.24) is 0 Å². The highest BCUT2D eigenvalue weighted by Gasteiger charge is 2.22. The molecule has 0 fully saturated rings. The van der Waals surface area contributed by atoms with Gasteiger partial charge in [0.05, 0.1) is 27.3 Å². The molecule has 0 heterocycles. The molecule has 3 rings (SSSR count). The van der Waals surface area contributed by atoms with Gasteiger partial charge in [-0.1, -0.05) is 31.9 Å². The predicted octanol–water partition coefficient (Wildman–Crippen LogP) is 6.90. The number of rotatable bonds is 7. The molecule has 0 saturated carbocycles. The normalized spacial score (nSPS) is 10.9. The zero-order valence-electron chi connectivity index (χ0n) is 15.0. The van der Waals surface area contributed by atoms with E-state index in [1.54, 1.807) is 10.6 Å². The molecule has 0 unspecified atom stereocenters. The fourth-order valence-corrected chi connectivity index (χ4v) is 3.74. The van der Waals surface area contributed by atoms with Gasteiger partial charge in [0.15, 0.2) is 0 Å². The average molecular weight is 552 g/mol. The Morgan fingerprint density at radius 3 is 2.03 bits per heavy atom. The Kier molecular flexibility index (Phi) is 7.19. The van der Waals surface area contributed by atoms with E-state index in [4.69, 9.17) is 0 Å². The number of halogens is 2. The lowest BCUT2D eigenvalue weighted by atomic mass is 10.3. The van der Waals surface area contributed by atoms with Gasteiger partial charge in [0.2, 0.25) is 0 Å². The molecule has 152 valence electrons. The minimum absolute atomic E-state index is 0.246. The van der Waals surface area contributed by atoms with Crippen LogP contribution in [0.2, 0.25) is 0 Å². The van der Waals surface area contributed by atoms with Crippen LogP contribution in [0.5, 0.6) is 0 Å². The number of nitro benzene ring substituents is 2. The molecule has 0 aliphatic carbocycles. The Morgan fingerprint density at radius 1 is 0.867 bits per heavy atom. The summed E-state index contributed by atoms with van der Waals surface area (Å²) in [5.74, 6) is 0. The van der Waals surface area contributed by atoms with E-state index in [-0.39, 0.29) is 16.3 Å². The molecule has 3 aromatic rings. The highest BCUT2D eigenvalue weighted by molar-refractivity contribution is 9.10. The summed E-state index contributed by atoms with van der Waals surface area (Å²) in [6, 6.07) is 18.2. The van der Waals surface area contributed by atoms with Crippen molar-refractivity contribution >= 4 is 72.9 Å². The number of aliphatic imine (C=N–C) groups is 1. The van der Waals surface area contributed by atoms with Crippen molar-refractivity contribution in [1.29, 1.82) is 0 Å². The fraction of sp³-hybridized carbons (Fsp3) is 0. The van der Waals surface area contributed by atoms with Crippen molar-refractivity contribution in [3.63, 3.8) is 0 Å². The van der Waals surface area contributed by atoms with Crippen molar-refractivity contribution in [2.24, 2.45) is 4.99 Å². The molecule has 0 saturated heterocycles. The van der Waals surface area contributed by atoms with Gasteiger partial charge >= 0.3 is 0 Å². The first kappa shape index (κ1) is 21.9. The summed E-state index contributed by atoms with van der Waals surface area (Å²) in [4.78, 5) is 25.8. The van der Waals surface area contributed by atoms with Gasteiger partial charge in [-0.05, 0) is 54.6 Å². The topological polar surface area (TPSA) is 102 Å². The van der Waals surface area contributed by atoms with E-state index in [1.165, 1.54) is 12.1 Å². The number of nitrogens with zero attached hydrogens (tertiary/aromatic N) is 4. The molecule has 3 aromatic carbocycles. The first-order valence-corrected chi connectivity index (χ1v) is 10.6. The maximum Gasteiger partial charge on any atom is 0.291 e. The van der Waals surface area contributed by atoms with Crippen molar-refractivity contribution in [3.05, 3.63) is 95.9 Å². The molecule has 0 bridgehead atoms. The van der Waals surface area contributed by atoms with Gasteiger partial charge in [0.25, 0.3) is 11.4 Å². The van der Waals surface area contributed by atoms with Crippen LogP contribution < -0.4 is 4.31 Å². The Morgan fingerprint density at radius 2 is 1.47 bits per heavy atom. The third-order valence-electron chi connectivity index (χ3n) is 3.77. The van der Waals surface area contributed by atoms with Crippen LogP contribution in [0.3, 0.4) is 0 Å². The van der Waals surface area contributed by atoms with Crippen LogP contribution >= 0.6 is 43.8 Å². The molecule has 0 N–H and O–H groups in total. The maximum absolute atomic E-state index is 11.5. The van der Waals surface area contributed by atoms with Crippen LogP contribution in [-0.4, -0.2) is 16.2 Å². The van der Waals surface area contributed by atoms with Gasteiger partial charge in [-0.15, -0.1) is 0 Å². The molecule has 0 amide bonds. The van der Waals surface area contributed by atoms with Gasteiger partial charge in [-0.25, -0.2) is 4.99 Å². The Labute approximate surface area is 192 Å². The summed E-state index contributed by atoms with van der Waals surface area (Å²) in [7, 11) is 0. The summed E-state index contributed by atoms with van der Waals surface area (Å²) in [5, 5.41) is 22.5. The average Bonchev–Trinajstić information content (AvgIpc) is 2.72. The first-order valence-electron chi connectivity index (χ1n) is 8.29. The third-order valence-corrected chi connectivity index (χ3v) is 5.87. The molecule has 11 heteroatoms. The van der Waals surface area contributed by atoms with E-state index in [2.05, 4.69) is 36.9 Å². The van der Waals surface area contributed by atoms with Gasteiger partial charge in [0, 0.05) is 27.0 Å². The minimum Gasteiger partial charge on any atom is -0.270 e. The van der Waals surface area contributed by atoms with Crippen LogP contribution in [0.15, 0.2) is 85.6 Å². The second kappa shape index (κ2) is 9.83. The molecule has 0 spiro atoms. The monoisotopic (exact) mass is 550 g/mol. The van der Waals surface area contributed by atoms with E-state index in [1.807, 2.05) is 48.5 Å². The summed E-state index contributed by atoms with van der Waals surface area (Å²) in [6.45, 7) is 0. The van der Waals surface area contributed by atoms with E-state index in [9.17, 15) is 20.2 Å². The van der Waals surface area contributed by atoms with E-state index in [0.717, 1.165) is 32.6 Å². The van der Waals surface area contributed by atoms with Crippen LogP contribution in [0.1, 0.15) is 0 Å². The second-order valence-electron chi connectivity index (χ2n) is 5.78. The molecule has 8 nitrogen and oxygen atoms in total. The molecule has 0 radical (unpaired) electrons. The minimum atomic E-state index is -0.664. The molecule has 0 atom stereocenters. The van der Waals surface area contributed by atoms with Crippen molar-refractivity contribution in [2.45, 2.75) is 4.90 Å². The van der Waals surface area contributed by atoms with Crippen LogP contribution in [-0.2, 0) is 0 Å². The Hall–Kier alpha value is -2.76. The number of hydrogen-bond donors (Lipinski definition) is 0. The number of hydrogen-bond acceptors (Lipinski definition) is 6. The van der Waals surface area contributed by atoms with Crippen LogP contribution in [0.4, 0.5) is 22.7 Å². The van der Waals surface area contributed by atoms with Crippen molar-refractivity contribution in [3.8, 4) is 0 Å². The van der Waals surface area contributed by atoms with E-state index in [0.29, 0.717) is 5.69 Å². The predicted molar refractivity (Wildman–Crippen MR) is 125 cm³/mol. The van der Waals surface area contributed by atoms with Crippen LogP contribution in [0, 0.1) is 20.2 Å². The van der Waals surface area contributed by atoms with Crippen molar-refractivity contribution in [2.75, 3.05) is 4.31 Å². The fourth-order valence-electron chi connectivity index (χ4n) is 2.32. The highest BCUT2D eigenvalue weighted by atomic mass is 79.9. The second-order valence-corrected chi connectivity index (χ2v) is 8.63. The van der Waals surface area contributed by atoms with Crippen molar-refractivity contribution < 1.29 is 9.85 Å². The lowest BCUT2D eigenvalue weighted by molar-refractivity contribution is -0.396. The first-order chi connectivity index (χ1) is 14.3. The molecule has 0 aliphatic rings. The lowest BCUT2D eigenvalue weighted by Gasteiger charge is -2.18. The highest BCUT2D eigenvalue weighted by Crippen LogP contribution is 2.36. The van der Waals surface area contributed by atoms with E-state index >= 15 is 0 Å².